The first-order valence-corrected chi connectivity index (χ1v) is 9.67. The Bertz CT molecular complexity index is 800. The normalized spacial score (nSPS) is 18.8. The van der Waals surface area contributed by atoms with Crippen molar-refractivity contribution in [2.24, 2.45) is 0 Å². The maximum atomic E-state index is 12.8. The summed E-state index contributed by atoms with van der Waals surface area (Å²) in [6.45, 7) is 2.78. The van der Waals surface area contributed by atoms with Crippen molar-refractivity contribution in [3.63, 3.8) is 0 Å². The highest BCUT2D eigenvalue weighted by molar-refractivity contribution is 9.10. The lowest BCUT2D eigenvalue weighted by atomic mass is 10.0. The van der Waals surface area contributed by atoms with Gasteiger partial charge in [0.1, 0.15) is 16.8 Å². The van der Waals surface area contributed by atoms with Gasteiger partial charge in [-0.3, -0.25) is 4.79 Å². The average Bonchev–Trinajstić information content (AvgIpc) is 3.01. The molecule has 0 aliphatic carbocycles. The summed E-state index contributed by atoms with van der Waals surface area (Å²) in [6, 6.07) is 5.52. The van der Waals surface area contributed by atoms with Crippen LogP contribution in [0.1, 0.15) is 17.4 Å². The van der Waals surface area contributed by atoms with Crippen molar-refractivity contribution in [1.29, 1.82) is 0 Å². The van der Waals surface area contributed by atoms with Crippen LogP contribution in [-0.2, 0) is 9.53 Å². The van der Waals surface area contributed by atoms with Gasteiger partial charge in [-0.25, -0.2) is 4.68 Å². The van der Waals surface area contributed by atoms with Gasteiger partial charge >= 0.3 is 0 Å². The molecule has 8 nitrogen and oxygen atoms in total. The van der Waals surface area contributed by atoms with Gasteiger partial charge < -0.3 is 20.2 Å². The van der Waals surface area contributed by atoms with Crippen LogP contribution >= 0.6 is 27.7 Å². The van der Waals surface area contributed by atoms with Crippen molar-refractivity contribution in [1.82, 2.24) is 20.2 Å². The third-order valence-electron chi connectivity index (χ3n) is 4.00. The van der Waals surface area contributed by atoms with Crippen molar-refractivity contribution in [3.8, 4) is 5.75 Å². The summed E-state index contributed by atoms with van der Waals surface area (Å²) in [5, 5.41) is 11.4. The molecule has 1 amide bonds. The van der Waals surface area contributed by atoms with Crippen molar-refractivity contribution in [3.05, 3.63) is 34.1 Å². The largest absolute Gasteiger partial charge is 0.496 e. The summed E-state index contributed by atoms with van der Waals surface area (Å²) in [5.74, 6) is 1.39. The topological polar surface area (TPSA) is 90.3 Å². The molecule has 26 heavy (non-hydrogen) atoms. The molecule has 0 spiro atoms. The van der Waals surface area contributed by atoms with Crippen molar-refractivity contribution in [2.75, 3.05) is 32.8 Å². The van der Waals surface area contributed by atoms with E-state index in [1.54, 1.807) is 14.2 Å². The lowest BCUT2D eigenvalue weighted by molar-refractivity contribution is -0.121. The minimum absolute atomic E-state index is 0.0802. The van der Waals surface area contributed by atoms with Crippen molar-refractivity contribution < 1.29 is 14.3 Å². The van der Waals surface area contributed by atoms with E-state index in [1.165, 1.54) is 11.8 Å². The molecule has 0 saturated heterocycles. The summed E-state index contributed by atoms with van der Waals surface area (Å²) >= 11 is 4.90. The zero-order chi connectivity index (χ0) is 18.7. The van der Waals surface area contributed by atoms with Gasteiger partial charge in [0, 0.05) is 13.7 Å². The molecule has 0 bridgehead atoms. The van der Waals surface area contributed by atoms with E-state index in [-0.39, 0.29) is 11.9 Å². The molecule has 140 valence electrons. The number of nitrogens with one attached hydrogen (secondary N) is 2. The van der Waals surface area contributed by atoms with Crippen LogP contribution in [0, 0.1) is 6.92 Å². The zero-order valence-corrected chi connectivity index (χ0v) is 17.1. The van der Waals surface area contributed by atoms with Gasteiger partial charge in [-0.2, -0.15) is 0 Å². The second-order valence-electron chi connectivity index (χ2n) is 5.69. The number of carbonyl (C=O) groups excluding carboxylic acids is 1. The fraction of sp³-hybridized carbons (Fsp3) is 0.438. The molecule has 2 heterocycles. The number of aryl methyl sites for hydroxylation is 1. The number of hydrogen-bond acceptors (Lipinski definition) is 7. The Kier molecular flexibility index (Phi) is 6.05. The summed E-state index contributed by atoms with van der Waals surface area (Å²) in [5.41, 5.74) is 4.32. The molecule has 0 radical (unpaired) electrons. The summed E-state index contributed by atoms with van der Waals surface area (Å²) in [7, 11) is 3.22. The Balaban J connectivity index is 1.91. The fourth-order valence-electron chi connectivity index (χ4n) is 2.66. The van der Waals surface area contributed by atoms with Gasteiger partial charge in [0.05, 0.1) is 24.2 Å². The molecule has 1 aliphatic rings. The van der Waals surface area contributed by atoms with E-state index in [2.05, 4.69) is 36.9 Å². The van der Waals surface area contributed by atoms with Gasteiger partial charge in [0.25, 0.3) is 0 Å². The van der Waals surface area contributed by atoms with Crippen LogP contribution < -0.4 is 15.5 Å². The highest BCUT2D eigenvalue weighted by atomic mass is 79.9. The molecule has 2 aromatic rings. The van der Waals surface area contributed by atoms with Gasteiger partial charge in [0.2, 0.25) is 11.1 Å². The number of thioether (sulfide) groups is 1. The van der Waals surface area contributed by atoms with E-state index < -0.39 is 5.25 Å². The first-order valence-electron chi connectivity index (χ1n) is 8.00. The molecular weight excluding hydrogens is 422 g/mol. The number of nitrogens with zero attached hydrogens (tertiary/aromatic N) is 3. The second-order valence-corrected chi connectivity index (χ2v) is 7.65. The number of benzene rings is 1. The van der Waals surface area contributed by atoms with E-state index in [1.807, 2.05) is 29.8 Å². The van der Waals surface area contributed by atoms with E-state index in [0.29, 0.717) is 18.3 Å². The van der Waals surface area contributed by atoms with Crippen LogP contribution in [-0.4, -0.2) is 53.4 Å². The molecule has 1 aromatic carbocycles. The predicted molar refractivity (Wildman–Crippen MR) is 102 cm³/mol. The number of ether oxygens (including phenoxy) is 2. The molecule has 10 heteroatoms. The monoisotopic (exact) mass is 441 g/mol. The maximum absolute atomic E-state index is 12.8. The number of methoxy groups -OCH3 is 2. The molecule has 2 N–H and O–H groups in total. The molecule has 0 fully saturated rings. The quantitative estimate of drug-likeness (QED) is 0.661. The molecule has 2 atom stereocenters. The van der Waals surface area contributed by atoms with Gasteiger partial charge in [0.15, 0.2) is 0 Å². The first-order chi connectivity index (χ1) is 12.5. The predicted octanol–water partition coefficient (Wildman–Crippen LogP) is 1.88. The second kappa shape index (κ2) is 8.28. The molecule has 1 aromatic heterocycles. The van der Waals surface area contributed by atoms with E-state index >= 15 is 0 Å². The van der Waals surface area contributed by atoms with Gasteiger partial charge in [-0.1, -0.05) is 17.8 Å². The summed E-state index contributed by atoms with van der Waals surface area (Å²) in [6.07, 6.45) is 0. The minimum atomic E-state index is -0.400. The molecule has 0 unspecified atom stereocenters. The van der Waals surface area contributed by atoms with Crippen LogP contribution in [0.5, 0.6) is 5.75 Å². The van der Waals surface area contributed by atoms with E-state index in [4.69, 9.17) is 9.47 Å². The van der Waals surface area contributed by atoms with Crippen LogP contribution in [0.15, 0.2) is 27.8 Å². The zero-order valence-electron chi connectivity index (χ0n) is 14.7. The average molecular weight is 442 g/mol. The molecule has 1 aliphatic heterocycles. The summed E-state index contributed by atoms with van der Waals surface area (Å²) in [4.78, 5) is 12.8. The van der Waals surface area contributed by atoms with Crippen LogP contribution in [0.25, 0.3) is 0 Å². The maximum Gasteiger partial charge on any atom is 0.236 e. The number of halogens is 1. The lowest BCUT2D eigenvalue weighted by Gasteiger charge is -2.33. The van der Waals surface area contributed by atoms with Crippen LogP contribution in [0.4, 0.5) is 0 Å². The molecular formula is C16H20BrN5O3S. The molecule has 0 saturated carbocycles. The first kappa shape index (κ1) is 19.0. The lowest BCUT2D eigenvalue weighted by Crippen LogP contribution is -2.44. The van der Waals surface area contributed by atoms with Gasteiger partial charge in [-0.05, 0) is 40.5 Å². The highest BCUT2D eigenvalue weighted by Gasteiger charge is 2.37. The smallest absolute Gasteiger partial charge is 0.236 e. The van der Waals surface area contributed by atoms with Crippen LogP contribution in [0.3, 0.4) is 0 Å². The van der Waals surface area contributed by atoms with E-state index in [0.717, 1.165) is 21.6 Å². The van der Waals surface area contributed by atoms with Gasteiger partial charge in [-0.15, -0.1) is 10.2 Å². The van der Waals surface area contributed by atoms with Crippen molar-refractivity contribution >= 4 is 33.6 Å². The van der Waals surface area contributed by atoms with Crippen molar-refractivity contribution in [2.45, 2.75) is 23.4 Å². The Morgan fingerprint density at radius 3 is 2.92 bits per heavy atom. The Morgan fingerprint density at radius 2 is 2.23 bits per heavy atom. The number of amides is 1. The molecule has 3 rings (SSSR count). The number of hydrogen-bond donors (Lipinski definition) is 2. The van der Waals surface area contributed by atoms with E-state index in [9.17, 15) is 4.79 Å². The highest BCUT2D eigenvalue weighted by Crippen LogP contribution is 2.38. The third-order valence-corrected chi connectivity index (χ3v) is 5.83. The Morgan fingerprint density at radius 1 is 1.42 bits per heavy atom. The Labute approximate surface area is 164 Å². The number of rotatable bonds is 6. The standard InChI is InChI=1S/C16H20BrN5O3S/c1-9-19-20-16-22(9)21-13(10-4-5-12(25-3)11(17)8-10)14(26-16)15(23)18-6-7-24-2/h4-5,8,13-14,21H,6-7H2,1-3H3,(H,18,23)/t13-,14-/m0/s1. The van der Waals surface area contributed by atoms with Crippen LogP contribution in [0.2, 0.25) is 0 Å². The summed E-state index contributed by atoms with van der Waals surface area (Å²) < 4.78 is 12.9. The number of carbonyl (C=O) groups is 1. The minimum Gasteiger partial charge on any atom is -0.496 e. The fourth-order valence-corrected chi connectivity index (χ4v) is 4.37. The number of aromatic nitrogens is 3. The number of fused-ring (bicyclic) bond motifs is 1. The SMILES string of the molecule is COCCNC(=O)[C@H]1Sc2nnc(C)n2N[C@H]1c1ccc(OC)c(Br)c1. The Hall–Kier alpha value is -1.78. The third kappa shape index (κ3) is 3.81.